The quantitative estimate of drug-likeness (QED) is 0.524. The largest absolute Gasteiger partial charge is 0.0819 e. The molecule has 1 aliphatic carbocycles. The van der Waals surface area contributed by atoms with E-state index >= 15 is 0 Å². The van der Waals surface area contributed by atoms with Gasteiger partial charge < -0.3 is 0 Å². The third-order valence-corrected chi connectivity index (χ3v) is 2.22. The van der Waals surface area contributed by atoms with E-state index in [9.17, 15) is 0 Å². The van der Waals surface area contributed by atoms with E-state index in [1.54, 1.807) is 5.57 Å². The van der Waals surface area contributed by atoms with Gasteiger partial charge in [-0.2, -0.15) is 0 Å². The van der Waals surface area contributed by atoms with Crippen LogP contribution in [-0.2, 0) is 0 Å². The topological polar surface area (TPSA) is 0 Å². The molecule has 0 saturated carbocycles. The summed E-state index contributed by atoms with van der Waals surface area (Å²) in [5, 5.41) is 0. The van der Waals surface area contributed by atoms with Crippen LogP contribution in [0.2, 0.25) is 0 Å². The average Bonchev–Trinajstić information content (AvgIpc) is 1.76. The minimum Gasteiger partial charge on any atom is -0.0819 e. The summed E-state index contributed by atoms with van der Waals surface area (Å²) in [4.78, 5) is 0. The Labute approximate surface area is 64.3 Å². The number of hydrogen-bond donors (Lipinski definition) is 0. The zero-order chi connectivity index (χ0) is 7.56. The summed E-state index contributed by atoms with van der Waals surface area (Å²) in [6, 6.07) is 0. The van der Waals surface area contributed by atoms with Crippen molar-refractivity contribution in [3.8, 4) is 0 Å². The van der Waals surface area contributed by atoms with Crippen LogP contribution in [0, 0.1) is 11.8 Å². The van der Waals surface area contributed by atoms with Crippen molar-refractivity contribution < 1.29 is 0 Å². The highest BCUT2D eigenvalue weighted by atomic mass is 14.2. The van der Waals surface area contributed by atoms with Gasteiger partial charge in [0.25, 0.3) is 0 Å². The molecule has 0 saturated heterocycles. The molecule has 0 aromatic carbocycles. The molecule has 1 atom stereocenters. The summed E-state index contributed by atoms with van der Waals surface area (Å²) in [5.41, 5.74) is 1.67. The van der Waals surface area contributed by atoms with Gasteiger partial charge in [-0.3, -0.25) is 0 Å². The van der Waals surface area contributed by atoms with E-state index in [1.807, 2.05) is 0 Å². The molecule has 1 aliphatic rings. The molecule has 0 bridgehead atoms. The second-order valence-corrected chi connectivity index (χ2v) is 3.77. The first-order valence-corrected chi connectivity index (χ1v) is 4.42. The fraction of sp³-hybridized carbons (Fsp3) is 0.800. The molecule has 0 fully saturated rings. The van der Waals surface area contributed by atoms with Gasteiger partial charge in [-0.05, 0) is 31.1 Å². The maximum atomic E-state index is 2.46. The van der Waals surface area contributed by atoms with Gasteiger partial charge in [-0.1, -0.05) is 32.4 Å². The lowest BCUT2D eigenvalue weighted by Crippen LogP contribution is -2.11. The first-order valence-electron chi connectivity index (χ1n) is 4.42. The average molecular weight is 138 g/mol. The number of rotatable bonds is 3. The highest BCUT2D eigenvalue weighted by molar-refractivity contribution is 5.16. The molecule has 0 heteroatoms. The molecular weight excluding hydrogens is 120 g/mol. The molecule has 58 valence electrons. The highest BCUT2D eigenvalue weighted by Gasteiger charge is 2.17. The molecule has 1 rings (SSSR count). The molecule has 0 amide bonds. The van der Waals surface area contributed by atoms with Crippen molar-refractivity contribution in [3.63, 3.8) is 0 Å². The van der Waals surface area contributed by atoms with Crippen molar-refractivity contribution in [2.24, 2.45) is 11.8 Å². The van der Waals surface area contributed by atoms with E-state index < -0.39 is 0 Å². The summed E-state index contributed by atoms with van der Waals surface area (Å²) >= 11 is 0. The molecular formula is C10H18. The fourth-order valence-electron chi connectivity index (χ4n) is 1.66. The van der Waals surface area contributed by atoms with Gasteiger partial charge in [0.05, 0.1) is 0 Å². The lowest BCUT2D eigenvalue weighted by atomic mass is 9.80. The lowest BCUT2D eigenvalue weighted by molar-refractivity contribution is 0.435. The Hall–Kier alpha value is -0.260. The Balaban J connectivity index is 2.20. The summed E-state index contributed by atoms with van der Waals surface area (Å²) in [7, 11) is 0. The molecule has 0 aromatic heterocycles. The van der Waals surface area contributed by atoms with Crippen molar-refractivity contribution in [3.05, 3.63) is 11.6 Å². The van der Waals surface area contributed by atoms with Crippen LogP contribution in [-0.4, -0.2) is 0 Å². The van der Waals surface area contributed by atoms with Crippen LogP contribution in [0.4, 0.5) is 0 Å². The third kappa shape index (κ3) is 1.86. The smallest absolute Gasteiger partial charge is 0.0191 e. The summed E-state index contributed by atoms with van der Waals surface area (Å²) in [6.45, 7) is 6.85. The van der Waals surface area contributed by atoms with Crippen molar-refractivity contribution in [1.29, 1.82) is 0 Å². The predicted molar refractivity (Wildman–Crippen MR) is 45.9 cm³/mol. The molecule has 0 N–H and O–H groups in total. The summed E-state index contributed by atoms with van der Waals surface area (Å²) < 4.78 is 0. The second-order valence-electron chi connectivity index (χ2n) is 3.77. The van der Waals surface area contributed by atoms with Gasteiger partial charge in [0, 0.05) is 0 Å². The maximum Gasteiger partial charge on any atom is -0.0191 e. The van der Waals surface area contributed by atoms with Crippen LogP contribution in [0.15, 0.2) is 11.6 Å². The van der Waals surface area contributed by atoms with E-state index in [0.29, 0.717) is 0 Å². The number of hydrogen-bond acceptors (Lipinski definition) is 0. The van der Waals surface area contributed by atoms with Gasteiger partial charge >= 0.3 is 0 Å². The van der Waals surface area contributed by atoms with Crippen LogP contribution >= 0.6 is 0 Å². The van der Waals surface area contributed by atoms with Crippen LogP contribution in [0.5, 0.6) is 0 Å². The SMILES string of the molecule is CCC1=CC(CC(C)C)C1. The van der Waals surface area contributed by atoms with Gasteiger partial charge in [-0.15, -0.1) is 0 Å². The summed E-state index contributed by atoms with van der Waals surface area (Å²) in [5.74, 6) is 1.80. The Morgan fingerprint density at radius 1 is 1.60 bits per heavy atom. The van der Waals surface area contributed by atoms with Crippen LogP contribution in [0.1, 0.15) is 40.0 Å². The zero-order valence-electron chi connectivity index (χ0n) is 7.35. The monoisotopic (exact) mass is 138 g/mol. The van der Waals surface area contributed by atoms with Gasteiger partial charge in [0.1, 0.15) is 0 Å². The second kappa shape index (κ2) is 3.23. The highest BCUT2D eigenvalue weighted by Crippen LogP contribution is 2.32. The molecule has 0 spiro atoms. The predicted octanol–water partition coefficient (Wildman–Crippen LogP) is 3.39. The van der Waals surface area contributed by atoms with E-state index in [2.05, 4.69) is 26.8 Å². The molecule has 0 aliphatic heterocycles. The molecule has 1 unspecified atom stereocenters. The van der Waals surface area contributed by atoms with E-state index in [-0.39, 0.29) is 0 Å². The van der Waals surface area contributed by atoms with Crippen molar-refractivity contribution in [1.82, 2.24) is 0 Å². The molecule has 0 heterocycles. The van der Waals surface area contributed by atoms with Crippen molar-refractivity contribution in [2.45, 2.75) is 40.0 Å². The van der Waals surface area contributed by atoms with E-state index in [0.717, 1.165) is 11.8 Å². The minimum atomic E-state index is 0.875. The lowest BCUT2D eigenvalue weighted by Gasteiger charge is -2.26. The van der Waals surface area contributed by atoms with Crippen LogP contribution < -0.4 is 0 Å². The van der Waals surface area contributed by atoms with Gasteiger partial charge in [-0.25, -0.2) is 0 Å². The Bertz CT molecular complexity index is 131. The molecule has 0 aromatic rings. The standard InChI is InChI=1S/C10H18/c1-4-9-6-10(7-9)5-8(2)3/h6,8,10H,4-5,7H2,1-3H3. The maximum absolute atomic E-state index is 2.46. The fourth-order valence-corrected chi connectivity index (χ4v) is 1.66. The molecule has 0 nitrogen and oxygen atoms in total. The third-order valence-electron chi connectivity index (χ3n) is 2.22. The van der Waals surface area contributed by atoms with Gasteiger partial charge in [0.2, 0.25) is 0 Å². The normalized spacial score (nSPS) is 24.4. The Kier molecular flexibility index (Phi) is 2.53. The number of allylic oxidation sites excluding steroid dienone is 2. The van der Waals surface area contributed by atoms with Gasteiger partial charge in [0.15, 0.2) is 0 Å². The first kappa shape index (κ1) is 7.84. The van der Waals surface area contributed by atoms with Crippen molar-refractivity contribution >= 4 is 0 Å². The van der Waals surface area contributed by atoms with E-state index in [1.165, 1.54) is 19.3 Å². The van der Waals surface area contributed by atoms with Crippen LogP contribution in [0.3, 0.4) is 0 Å². The zero-order valence-corrected chi connectivity index (χ0v) is 7.35. The Morgan fingerprint density at radius 2 is 2.20 bits per heavy atom. The van der Waals surface area contributed by atoms with Crippen LogP contribution in [0.25, 0.3) is 0 Å². The molecule has 0 radical (unpaired) electrons. The Morgan fingerprint density at radius 3 is 2.60 bits per heavy atom. The van der Waals surface area contributed by atoms with Crippen molar-refractivity contribution in [2.75, 3.05) is 0 Å². The molecule has 10 heavy (non-hydrogen) atoms. The summed E-state index contributed by atoms with van der Waals surface area (Å²) in [6.07, 6.45) is 6.51. The minimum absolute atomic E-state index is 0.875. The van der Waals surface area contributed by atoms with E-state index in [4.69, 9.17) is 0 Å². The first-order chi connectivity index (χ1) is 4.72.